The number of alkyl carbamates (subject to hydrolysis) is 1. The first-order chi connectivity index (χ1) is 14.7. The summed E-state index contributed by atoms with van der Waals surface area (Å²) in [5.74, 6) is 0.674. The molecule has 2 aromatic carbocycles. The predicted octanol–water partition coefficient (Wildman–Crippen LogP) is 4.99. The monoisotopic (exact) mass is 411 g/mol. The number of hydrogen-bond acceptors (Lipinski definition) is 4. The molecule has 0 aliphatic heterocycles. The lowest BCUT2D eigenvalue weighted by atomic mass is 9.98. The first-order valence-corrected chi connectivity index (χ1v) is 10.9. The van der Waals surface area contributed by atoms with E-state index >= 15 is 0 Å². The summed E-state index contributed by atoms with van der Waals surface area (Å²) in [6, 6.07) is 16.7. The molecule has 2 aromatic rings. The van der Waals surface area contributed by atoms with Gasteiger partial charge >= 0.3 is 6.09 Å². The second-order valence-corrected chi connectivity index (χ2v) is 7.81. The van der Waals surface area contributed by atoms with Crippen LogP contribution in [0.1, 0.15) is 43.7 Å². The Morgan fingerprint density at radius 1 is 0.967 bits per heavy atom. The Morgan fingerprint density at radius 2 is 1.60 bits per heavy atom. The maximum absolute atomic E-state index is 12.1. The number of carbonyl (C=O) groups is 1. The summed E-state index contributed by atoms with van der Waals surface area (Å²) in [6.45, 7) is 7.78. The zero-order chi connectivity index (χ0) is 21.2. The number of benzene rings is 2. The van der Waals surface area contributed by atoms with Gasteiger partial charge in [0.1, 0.15) is 6.61 Å². The topological polar surface area (TPSA) is 56.8 Å². The van der Waals surface area contributed by atoms with E-state index in [1.54, 1.807) is 0 Å². The number of fused-ring (bicyclic) bond motifs is 3. The summed E-state index contributed by atoms with van der Waals surface area (Å²) in [5, 5.41) is 2.81. The third kappa shape index (κ3) is 6.07. The lowest BCUT2D eigenvalue weighted by Gasteiger charge is -2.14. The van der Waals surface area contributed by atoms with Crippen LogP contribution in [0.2, 0.25) is 0 Å². The molecule has 1 unspecified atom stereocenters. The van der Waals surface area contributed by atoms with Crippen LogP contribution in [0.15, 0.2) is 48.5 Å². The van der Waals surface area contributed by atoms with Crippen LogP contribution in [0, 0.1) is 5.92 Å². The molecule has 1 aliphatic rings. The van der Waals surface area contributed by atoms with E-state index < -0.39 is 0 Å². The Balaban J connectivity index is 1.31. The van der Waals surface area contributed by atoms with Gasteiger partial charge in [-0.1, -0.05) is 68.8 Å². The number of hydrogen-bond donors (Lipinski definition) is 1. The molecule has 0 spiro atoms. The third-order valence-electron chi connectivity index (χ3n) is 5.55. The van der Waals surface area contributed by atoms with Crippen molar-refractivity contribution in [2.24, 2.45) is 5.92 Å². The standard InChI is InChI=1S/C25H33NO4/c1-3-19(2)17-29-16-15-28-14-8-13-26-25(27)30-18-24-22-11-6-4-9-20(22)21-10-5-7-12-23(21)24/h4-7,9-12,19,24H,3,8,13-18H2,1-2H3,(H,26,27). The Bertz CT molecular complexity index is 762. The van der Waals surface area contributed by atoms with Crippen molar-refractivity contribution in [1.82, 2.24) is 5.32 Å². The van der Waals surface area contributed by atoms with Gasteiger partial charge in [0.2, 0.25) is 0 Å². The van der Waals surface area contributed by atoms with Gasteiger partial charge in [0.05, 0.1) is 13.2 Å². The molecular weight excluding hydrogens is 378 g/mol. The molecule has 162 valence electrons. The smallest absolute Gasteiger partial charge is 0.407 e. The first kappa shape index (κ1) is 22.3. The fraction of sp³-hybridized carbons (Fsp3) is 0.480. The zero-order valence-electron chi connectivity index (χ0n) is 18.1. The Labute approximate surface area is 179 Å². The van der Waals surface area contributed by atoms with Gasteiger partial charge in [-0.25, -0.2) is 4.79 Å². The molecule has 5 heteroatoms. The number of rotatable bonds is 12. The normalized spacial score (nSPS) is 13.5. The number of ether oxygens (including phenoxy) is 3. The lowest BCUT2D eigenvalue weighted by Crippen LogP contribution is -2.27. The van der Waals surface area contributed by atoms with Crippen LogP contribution in [-0.4, -0.2) is 45.7 Å². The minimum atomic E-state index is -0.381. The maximum Gasteiger partial charge on any atom is 0.407 e. The average Bonchev–Trinajstić information content (AvgIpc) is 3.10. The lowest BCUT2D eigenvalue weighted by molar-refractivity contribution is 0.0345. The van der Waals surface area contributed by atoms with Crippen molar-refractivity contribution < 1.29 is 19.0 Å². The third-order valence-corrected chi connectivity index (χ3v) is 5.55. The first-order valence-electron chi connectivity index (χ1n) is 10.9. The molecule has 0 saturated heterocycles. The molecule has 1 atom stereocenters. The van der Waals surface area contributed by atoms with Crippen molar-refractivity contribution in [3.05, 3.63) is 59.7 Å². The van der Waals surface area contributed by atoms with E-state index in [2.05, 4.69) is 43.4 Å². The van der Waals surface area contributed by atoms with Crippen molar-refractivity contribution in [3.8, 4) is 11.1 Å². The average molecular weight is 412 g/mol. The van der Waals surface area contributed by atoms with E-state index in [0.717, 1.165) is 19.4 Å². The van der Waals surface area contributed by atoms with Crippen LogP contribution in [-0.2, 0) is 14.2 Å². The van der Waals surface area contributed by atoms with Gasteiger partial charge in [0, 0.05) is 25.7 Å². The van der Waals surface area contributed by atoms with E-state index in [9.17, 15) is 4.79 Å². The quantitative estimate of drug-likeness (QED) is 0.500. The highest BCUT2D eigenvalue weighted by Crippen LogP contribution is 2.44. The van der Waals surface area contributed by atoms with Crippen LogP contribution in [0.3, 0.4) is 0 Å². The molecular formula is C25H33NO4. The highest BCUT2D eigenvalue weighted by atomic mass is 16.5. The maximum atomic E-state index is 12.1. The summed E-state index contributed by atoms with van der Waals surface area (Å²) in [4.78, 5) is 12.1. The summed E-state index contributed by atoms with van der Waals surface area (Å²) in [7, 11) is 0. The fourth-order valence-electron chi connectivity index (χ4n) is 3.64. The van der Waals surface area contributed by atoms with E-state index in [4.69, 9.17) is 14.2 Å². The van der Waals surface area contributed by atoms with Crippen LogP contribution in [0.25, 0.3) is 11.1 Å². The van der Waals surface area contributed by atoms with Crippen molar-refractivity contribution in [2.45, 2.75) is 32.6 Å². The zero-order valence-corrected chi connectivity index (χ0v) is 18.1. The molecule has 1 N–H and O–H groups in total. The van der Waals surface area contributed by atoms with Crippen LogP contribution >= 0.6 is 0 Å². The summed E-state index contributed by atoms with van der Waals surface area (Å²) in [6.07, 6.45) is 1.49. The molecule has 0 aromatic heterocycles. The summed E-state index contributed by atoms with van der Waals surface area (Å²) >= 11 is 0. The van der Waals surface area contributed by atoms with Gasteiger partial charge in [-0.3, -0.25) is 0 Å². The van der Waals surface area contributed by atoms with Gasteiger partial charge in [-0.2, -0.15) is 0 Å². The van der Waals surface area contributed by atoms with Crippen LogP contribution < -0.4 is 5.32 Å². The van der Waals surface area contributed by atoms with Crippen molar-refractivity contribution >= 4 is 6.09 Å². The molecule has 3 rings (SSSR count). The van der Waals surface area contributed by atoms with Gasteiger partial charge in [0.25, 0.3) is 0 Å². The van der Waals surface area contributed by atoms with Gasteiger partial charge in [-0.15, -0.1) is 0 Å². The Hall–Kier alpha value is -2.37. The molecule has 0 heterocycles. The van der Waals surface area contributed by atoms with E-state index in [-0.39, 0.29) is 12.0 Å². The molecule has 0 bridgehead atoms. The SMILES string of the molecule is CCC(C)COCCOCCCNC(=O)OCC1c2ccccc2-c2ccccc21. The van der Waals surface area contributed by atoms with E-state index in [1.165, 1.54) is 22.3 Å². The highest BCUT2D eigenvalue weighted by molar-refractivity contribution is 5.79. The summed E-state index contributed by atoms with van der Waals surface area (Å²) < 4.78 is 16.6. The molecule has 0 saturated carbocycles. The van der Waals surface area contributed by atoms with E-state index in [0.29, 0.717) is 38.9 Å². The molecule has 1 aliphatic carbocycles. The fourth-order valence-corrected chi connectivity index (χ4v) is 3.64. The minimum absolute atomic E-state index is 0.0851. The van der Waals surface area contributed by atoms with Crippen molar-refractivity contribution in [1.29, 1.82) is 0 Å². The minimum Gasteiger partial charge on any atom is -0.449 e. The number of nitrogens with one attached hydrogen (secondary N) is 1. The van der Waals surface area contributed by atoms with Gasteiger partial charge < -0.3 is 19.5 Å². The molecule has 0 radical (unpaired) electrons. The Kier molecular flexibility index (Phi) is 8.72. The Morgan fingerprint density at radius 3 is 2.27 bits per heavy atom. The van der Waals surface area contributed by atoms with Crippen molar-refractivity contribution in [2.75, 3.05) is 39.6 Å². The van der Waals surface area contributed by atoms with Gasteiger partial charge in [0.15, 0.2) is 0 Å². The van der Waals surface area contributed by atoms with Gasteiger partial charge in [-0.05, 0) is 34.6 Å². The molecule has 5 nitrogen and oxygen atoms in total. The highest BCUT2D eigenvalue weighted by Gasteiger charge is 2.28. The summed E-state index contributed by atoms with van der Waals surface area (Å²) in [5.41, 5.74) is 4.89. The number of carbonyl (C=O) groups excluding carboxylic acids is 1. The molecule has 1 amide bonds. The largest absolute Gasteiger partial charge is 0.449 e. The van der Waals surface area contributed by atoms with Crippen molar-refractivity contribution in [3.63, 3.8) is 0 Å². The molecule has 0 fully saturated rings. The molecule has 30 heavy (non-hydrogen) atoms. The van der Waals surface area contributed by atoms with Crippen LogP contribution in [0.5, 0.6) is 0 Å². The van der Waals surface area contributed by atoms with E-state index in [1.807, 2.05) is 24.3 Å². The predicted molar refractivity (Wildman–Crippen MR) is 119 cm³/mol. The second-order valence-electron chi connectivity index (χ2n) is 7.81. The second kappa shape index (κ2) is 11.7. The van der Waals surface area contributed by atoms with Crippen LogP contribution in [0.4, 0.5) is 4.79 Å². The number of amides is 1.